The molecule has 8 heteroatoms. The Hall–Kier alpha value is -3.16. The Balaban J connectivity index is 1.43. The van der Waals surface area contributed by atoms with E-state index in [2.05, 4.69) is 11.5 Å². The van der Waals surface area contributed by atoms with Crippen LogP contribution in [0.5, 0.6) is 5.75 Å². The lowest BCUT2D eigenvalue weighted by molar-refractivity contribution is -0.117. The van der Waals surface area contributed by atoms with Crippen LogP contribution >= 0.6 is 11.6 Å². The zero-order valence-corrected chi connectivity index (χ0v) is 23.1. The first kappa shape index (κ1) is 26.9. The molecule has 0 saturated carbocycles. The first-order valence-corrected chi connectivity index (χ1v) is 14.3. The van der Waals surface area contributed by atoms with Gasteiger partial charge in [0.2, 0.25) is 0 Å². The number of hydrogen-bond acceptors (Lipinski definition) is 5. The fourth-order valence-electron chi connectivity index (χ4n) is 4.42. The number of carbonyl (C=O) groups excluding carboxylic acids is 1. The second-order valence-electron chi connectivity index (χ2n) is 9.48. The molecule has 37 heavy (non-hydrogen) atoms. The number of Topliss-reactive ketones (excluding diaryl/α,β-unsaturated/α-hetero) is 1. The molecular weight excluding hydrogens is 508 g/mol. The highest BCUT2D eigenvalue weighted by molar-refractivity contribution is 7.91. The minimum absolute atomic E-state index is 0.0497. The standard InChI is InChI=1S/C29H31ClN2O4S/c1-5-32-27-25(30)8-7-9-26(27)31-28(32)29(3,4)36-23-14-10-20(11-15-23)18-22(33)19-21-12-16-24(17-13-21)37(34,35)6-2/h7-17H,5-6,18-19H2,1-4H3. The highest BCUT2D eigenvalue weighted by atomic mass is 35.5. The first-order chi connectivity index (χ1) is 17.5. The summed E-state index contributed by atoms with van der Waals surface area (Å²) < 4.78 is 32.4. The molecule has 0 fully saturated rings. The van der Waals surface area contributed by atoms with Gasteiger partial charge in [0.25, 0.3) is 0 Å². The number of imidazole rings is 1. The maximum atomic E-state index is 12.6. The molecule has 194 valence electrons. The van der Waals surface area contributed by atoms with Gasteiger partial charge in [-0.05, 0) is 68.3 Å². The van der Waals surface area contributed by atoms with Gasteiger partial charge in [0, 0.05) is 19.4 Å². The van der Waals surface area contributed by atoms with E-state index in [-0.39, 0.29) is 29.3 Å². The molecule has 0 aliphatic rings. The summed E-state index contributed by atoms with van der Waals surface area (Å²) in [5.41, 5.74) is 2.69. The van der Waals surface area contributed by atoms with Crippen LogP contribution in [0, 0.1) is 0 Å². The fraction of sp³-hybridized carbons (Fsp3) is 0.310. The number of halogens is 1. The topological polar surface area (TPSA) is 78.3 Å². The van der Waals surface area contributed by atoms with E-state index in [9.17, 15) is 13.2 Å². The van der Waals surface area contributed by atoms with E-state index in [1.807, 2.05) is 56.3 Å². The summed E-state index contributed by atoms with van der Waals surface area (Å²) in [6.07, 6.45) is 0.524. The molecular formula is C29H31ClN2O4S. The van der Waals surface area contributed by atoms with Gasteiger partial charge in [0.05, 0.1) is 26.7 Å². The third-order valence-electron chi connectivity index (χ3n) is 6.33. The van der Waals surface area contributed by atoms with Gasteiger partial charge in [-0.3, -0.25) is 4.79 Å². The zero-order chi connectivity index (χ0) is 26.8. The summed E-state index contributed by atoms with van der Waals surface area (Å²) in [6.45, 7) is 8.32. The van der Waals surface area contributed by atoms with Crippen molar-refractivity contribution in [1.82, 2.24) is 9.55 Å². The molecule has 0 saturated heterocycles. The third-order valence-corrected chi connectivity index (χ3v) is 8.39. The molecule has 6 nitrogen and oxygen atoms in total. The Kier molecular flexibility index (Phi) is 7.76. The number of carbonyl (C=O) groups is 1. The molecule has 3 aromatic carbocycles. The van der Waals surface area contributed by atoms with Crippen LogP contribution in [-0.4, -0.2) is 29.5 Å². The Morgan fingerprint density at radius 3 is 2.11 bits per heavy atom. The fourth-order valence-corrected chi connectivity index (χ4v) is 5.58. The van der Waals surface area contributed by atoms with Crippen molar-refractivity contribution in [2.45, 2.75) is 57.6 Å². The van der Waals surface area contributed by atoms with Gasteiger partial charge in [0.15, 0.2) is 21.3 Å². The number of sulfone groups is 1. The summed E-state index contributed by atoms with van der Waals surface area (Å²) in [6, 6.07) is 19.7. The molecule has 0 unspecified atom stereocenters. The molecule has 0 aliphatic heterocycles. The molecule has 0 N–H and O–H groups in total. The molecule has 0 spiro atoms. The van der Waals surface area contributed by atoms with Gasteiger partial charge >= 0.3 is 0 Å². The van der Waals surface area contributed by atoms with E-state index >= 15 is 0 Å². The number of aryl methyl sites for hydroxylation is 1. The largest absolute Gasteiger partial charge is 0.480 e. The van der Waals surface area contributed by atoms with Crippen molar-refractivity contribution in [3.63, 3.8) is 0 Å². The molecule has 1 heterocycles. The number of hydrogen-bond donors (Lipinski definition) is 0. The van der Waals surface area contributed by atoms with Gasteiger partial charge in [-0.2, -0.15) is 0 Å². The van der Waals surface area contributed by atoms with Crippen LogP contribution in [0.1, 0.15) is 44.6 Å². The summed E-state index contributed by atoms with van der Waals surface area (Å²) in [5.74, 6) is 1.56. The molecule has 0 atom stereocenters. The Bertz CT molecular complexity index is 1520. The van der Waals surface area contributed by atoms with Crippen LogP contribution in [-0.2, 0) is 39.6 Å². The van der Waals surface area contributed by atoms with Crippen molar-refractivity contribution in [1.29, 1.82) is 0 Å². The summed E-state index contributed by atoms with van der Waals surface area (Å²) >= 11 is 6.45. The normalized spacial score (nSPS) is 12.1. The van der Waals surface area contributed by atoms with E-state index in [0.717, 1.165) is 28.0 Å². The van der Waals surface area contributed by atoms with Gasteiger partial charge in [-0.1, -0.05) is 48.9 Å². The second kappa shape index (κ2) is 10.7. The van der Waals surface area contributed by atoms with Crippen molar-refractivity contribution in [2.75, 3.05) is 5.75 Å². The van der Waals surface area contributed by atoms with Crippen molar-refractivity contribution < 1.29 is 17.9 Å². The molecule has 0 aliphatic carbocycles. The average molecular weight is 539 g/mol. The Morgan fingerprint density at radius 2 is 1.54 bits per heavy atom. The number of rotatable bonds is 10. The van der Waals surface area contributed by atoms with E-state index in [1.165, 1.54) is 0 Å². The van der Waals surface area contributed by atoms with Gasteiger partial charge < -0.3 is 9.30 Å². The number of ether oxygens (including phenoxy) is 1. The highest BCUT2D eigenvalue weighted by Crippen LogP contribution is 2.32. The first-order valence-electron chi connectivity index (χ1n) is 12.3. The molecule has 0 radical (unpaired) electrons. The molecule has 1 aromatic heterocycles. The van der Waals surface area contributed by atoms with Crippen molar-refractivity contribution in [3.8, 4) is 5.75 Å². The maximum Gasteiger partial charge on any atom is 0.178 e. The van der Waals surface area contributed by atoms with Crippen molar-refractivity contribution >= 4 is 38.3 Å². The summed E-state index contributed by atoms with van der Waals surface area (Å²) in [7, 11) is -3.25. The molecule has 4 rings (SSSR count). The quantitative estimate of drug-likeness (QED) is 0.241. The SMILES string of the molecule is CCn1c(C(C)(C)Oc2ccc(CC(=O)Cc3ccc(S(=O)(=O)CC)cc3)cc2)nc2cccc(Cl)c21. The van der Waals surface area contributed by atoms with Crippen LogP contribution in [0.4, 0.5) is 0 Å². The van der Waals surface area contributed by atoms with E-state index < -0.39 is 15.4 Å². The number of para-hydroxylation sites is 1. The van der Waals surface area contributed by atoms with Gasteiger partial charge in [0.1, 0.15) is 11.5 Å². The van der Waals surface area contributed by atoms with Crippen LogP contribution in [0.25, 0.3) is 11.0 Å². The lowest BCUT2D eigenvalue weighted by Crippen LogP contribution is -2.29. The monoisotopic (exact) mass is 538 g/mol. The smallest absolute Gasteiger partial charge is 0.178 e. The van der Waals surface area contributed by atoms with Gasteiger partial charge in [-0.25, -0.2) is 13.4 Å². The van der Waals surface area contributed by atoms with E-state index in [4.69, 9.17) is 21.3 Å². The van der Waals surface area contributed by atoms with Crippen molar-refractivity contribution in [2.24, 2.45) is 0 Å². The predicted octanol–water partition coefficient (Wildman–Crippen LogP) is 6.17. The van der Waals surface area contributed by atoms with Crippen LogP contribution in [0.3, 0.4) is 0 Å². The molecule has 0 amide bonds. The molecule has 4 aromatic rings. The summed E-state index contributed by atoms with van der Waals surface area (Å²) in [5, 5.41) is 0.657. The lowest BCUT2D eigenvalue weighted by Gasteiger charge is -2.27. The van der Waals surface area contributed by atoms with E-state index in [1.54, 1.807) is 31.2 Å². The number of fused-ring (bicyclic) bond motifs is 1. The van der Waals surface area contributed by atoms with Crippen LogP contribution in [0.15, 0.2) is 71.6 Å². The highest BCUT2D eigenvalue weighted by Gasteiger charge is 2.30. The molecule has 0 bridgehead atoms. The van der Waals surface area contributed by atoms with Gasteiger partial charge in [-0.15, -0.1) is 0 Å². The average Bonchev–Trinajstić information content (AvgIpc) is 3.26. The zero-order valence-electron chi connectivity index (χ0n) is 21.5. The number of nitrogens with zero attached hydrogens (tertiary/aromatic N) is 2. The number of ketones is 1. The number of benzene rings is 3. The second-order valence-corrected chi connectivity index (χ2v) is 12.2. The maximum absolute atomic E-state index is 12.6. The van der Waals surface area contributed by atoms with Crippen molar-refractivity contribution in [3.05, 3.63) is 88.7 Å². The predicted molar refractivity (Wildman–Crippen MR) is 147 cm³/mol. The number of aromatic nitrogens is 2. The lowest BCUT2D eigenvalue weighted by atomic mass is 10.0. The third kappa shape index (κ3) is 5.89. The Morgan fingerprint density at radius 1 is 0.946 bits per heavy atom. The Labute approximate surface area is 223 Å². The summed E-state index contributed by atoms with van der Waals surface area (Å²) in [4.78, 5) is 17.7. The minimum Gasteiger partial charge on any atom is -0.480 e. The van der Waals surface area contributed by atoms with Crippen LogP contribution < -0.4 is 4.74 Å². The van der Waals surface area contributed by atoms with Crippen LogP contribution in [0.2, 0.25) is 5.02 Å². The minimum atomic E-state index is -3.25. The van der Waals surface area contributed by atoms with E-state index in [0.29, 0.717) is 17.3 Å².